The smallest absolute Gasteiger partial charge is 0.251 e. The first-order valence-electron chi connectivity index (χ1n) is 4.51. The molecule has 77 valence electrons. The molecule has 0 aliphatic carbocycles. The molecule has 4 nitrogen and oxygen atoms in total. The molecule has 15 heavy (non-hydrogen) atoms. The summed E-state index contributed by atoms with van der Waals surface area (Å²) in [5, 5.41) is 2.60. The van der Waals surface area contributed by atoms with Crippen LogP contribution in [0.3, 0.4) is 0 Å². The molecule has 1 aromatic heterocycles. The van der Waals surface area contributed by atoms with Crippen molar-refractivity contribution in [2.45, 2.75) is 13.5 Å². The molecule has 0 aliphatic rings. The maximum atomic E-state index is 11.4. The van der Waals surface area contributed by atoms with Gasteiger partial charge in [0.25, 0.3) is 5.56 Å². The molecule has 0 aliphatic heterocycles. The number of hydrogen-bond donors (Lipinski definition) is 1. The highest BCUT2D eigenvalue weighted by molar-refractivity contribution is 5.72. The van der Waals surface area contributed by atoms with E-state index >= 15 is 0 Å². The molecule has 0 saturated heterocycles. The molecular weight excluding hydrogens is 192 g/mol. The highest BCUT2D eigenvalue weighted by atomic mass is 16.1. The highest BCUT2D eigenvalue weighted by Gasteiger charge is 1.97. The zero-order valence-corrected chi connectivity index (χ0v) is 8.41. The Hall–Kier alpha value is -2.02. The lowest BCUT2D eigenvalue weighted by molar-refractivity contribution is -0.118. The van der Waals surface area contributed by atoms with E-state index in [1.165, 1.54) is 17.6 Å². The zero-order valence-electron chi connectivity index (χ0n) is 8.41. The van der Waals surface area contributed by atoms with Gasteiger partial charge in [0.05, 0.1) is 0 Å². The minimum atomic E-state index is -0.197. The standard InChI is InChI=1S/C11H11N2O2/c1-3-10-4-6-13(11(15)8-10)7-5-12-9(2)14/h4,6,8H,5,7H2,2H3,(H,12,14). The maximum absolute atomic E-state index is 11.4. The van der Waals surface area contributed by atoms with Crippen LogP contribution in [-0.2, 0) is 11.3 Å². The SMILES string of the molecule is [C]#Cc1ccn(CCNC(C)=O)c(=O)c1. The molecule has 1 radical (unpaired) electrons. The molecule has 0 unspecified atom stereocenters. The molecule has 0 saturated carbocycles. The van der Waals surface area contributed by atoms with Crippen molar-refractivity contribution in [2.75, 3.05) is 6.54 Å². The zero-order chi connectivity index (χ0) is 11.3. The third-order valence-electron chi connectivity index (χ3n) is 1.87. The number of nitrogens with zero attached hydrogens (tertiary/aromatic N) is 1. The number of carbonyl (C=O) groups is 1. The average Bonchev–Trinajstić information content (AvgIpc) is 2.20. The van der Waals surface area contributed by atoms with Crippen LogP contribution in [0.2, 0.25) is 0 Å². The van der Waals surface area contributed by atoms with Gasteiger partial charge in [0.1, 0.15) is 0 Å². The number of amides is 1. The van der Waals surface area contributed by atoms with Crippen molar-refractivity contribution in [3.05, 3.63) is 40.7 Å². The van der Waals surface area contributed by atoms with Crippen molar-refractivity contribution >= 4 is 5.91 Å². The lowest BCUT2D eigenvalue weighted by Crippen LogP contribution is -2.28. The van der Waals surface area contributed by atoms with Crippen molar-refractivity contribution in [1.82, 2.24) is 9.88 Å². The molecule has 1 amide bonds. The second-order valence-corrected chi connectivity index (χ2v) is 3.06. The van der Waals surface area contributed by atoms with E-state index in [1.807, 2.05) is 0 Å². The quantitative estimate of drug-likeness (QED) is 0.699. The normalized spacial score (nSPS) is 9.33. The van der Waals surface area contributed by atoms with Crippen molar-refractivity contribution in [1.29, 1.82) is 0 Å². The van der Waals surface area contributed by atoms with Gasteiger partial charge >= 0.3 is 0 Å². The first-order valence-corrected chi connectivity index (χ1v) is 4.51. The van der Waals surface area contributed by atoms with Crippen molar-refractivity contribution in [3.8, 4) is 5.92 Å². The topological polar surface area (TPSA) is 51.1 Å². The Bertz CT molecular complexity index is 454. The number of carbonyl (C=O) groups excluding carboxylic acids is 1. The number of nitrogens with one attached hydrogen (secondary N) is 1. The number of hydrogen-bond acceptors (Lipinski definition) is 2. The van der Waals surface area contributed by atoms with Crippen LogP contribution in [-0.4, -0.2) is 17.0 Å². The Morgan fingerprint density at radius 1 is 1.67 bits per heavy atom. The summed E-state index contributed by atoms with van der Waals surface area (Å²) < 4.78 is 1.47. The fourth-order valence-electron chi connectivity index (χ4n) is 1.12. The van der Waals surface area contributed by atoms with E-state index < -0.39 is 0 Å². The minimum absolute atomic E-state index is 0.118. The van der Waals surface area contributed by atoms with Crippen LogP contribution in [0.25, 0.3) is 0 Å². The Morgan fingerprint density at radius 3 is 2.93 bits per heavy atom. The molecule has 0 aromatic carbocycles. The lowest BCUT2D eigenvalue weighted by atomic mass is 10.3. The van der Waals surface area contributed by atoms with Crippen LogP contribution in [0.4, 0.5) is 0 Å². The minimum Gasteiger partial charge on any atom is -0.355 e. The largest absolute Gasteiger partial charge is 0.355 e. The maximum Gasteiger partial charge on any atom is 0.251 e. The van der Waals surface area contributed by atoms with Crippen molar-refractivity contribution < 1.29 is 4.79 Å². The van der Waals surface area contributed by atoms with E-state index in [2.05, 4.69) is 11.2 Å². The molecule has 4 heteroatoms. The van der Waals surface area contributed by atoms with Crippen LogP contribution >= 0.6 is 0 Å². The van der Waals surface area contributed by atoms with Gasteiger partial charge in [-0.1, -0.05) is 5.92 Å². The summed E-state index contributed by atoms with van der Waals surface area (Å²) in [5.41, 5.74) is 0.258. The van der Waals surface area contributed by atoms with E-state index in [-0.39, 0.29) is 11.5 Å². The Labute approximate surface area is 87.9 Å². The fourth-order valence-corrected chi connectivity index (χ4v) is 1.12. The van der Waals surface area contributed by atoms with Crippen LogP contribution in [0.5, 0.6) is 0 Å². The predicted molar refractivity (Wildman–Crippen MR) is 55.6 cm³/mol. The lowest BCUT2D eigenvalue weighted by Gasteiger charge is -2.05. The summed E-state index contributed by atoms with van der Waals surface area (Å²) in [7, 11) is 0. The van der Waals surface area contributed by atoms with Gasteiger partial charge < -0.3 is 9.88 Å². The van der Waals surface area contributed by atoms with Crippen molar-refractivity contribution in [3.63, 3.8) is 0 Å². The van der Waals surface area contributed by atoms with Gasteiger partial charge in [-0.2, -0.15) is 0 Å². The molecule has 1 aromatic rings. The summed E-state index contributed by atoms with van der Waals surface area (Å²) >= 11 is 0. The van der Waals surface area contributed by atoms with Gasteiger partial charge in [-0.15, -0.1) is 0 Å². The first kappa shape index (κ1) is 11.1. The van der Waals surface area contributed by atoms with E-state index in [4.69, 9.17) is 6.42 Å². The molecular formula is C11H11N2O2. The van der Waals surface area contributed by atoms with E-state index in [9.17, 15) is 9.59 Å². The summed E-state index contributed by atoms with van der Waals surface area (Å²) in [5.74, 6) is 2.02. The molecule has 0 spiro atoms. The number of pyridine rings is 1. The van der Waals surface area contributed by atoms with E-state index in [0.717, 1.165) is 0 Å². The van der Waals surface area contributed by atoms with Gasteiger partial charge in [-0.25, -0.2) is 0 Å². The Morgan fingerprint density at radius 2 is 2.40 bits per heavy atom. The summed E-state index contributed by atoms with van der Waals surface area (Å²) in [6, 6.07) is 2.96. The average molecular weight is 203 g/mol. The second-order valence-electron chi connectivity index (χ2n) is 3.06. The van der Waals surface area contributed by atoms with Gasteiger partial charge in [-0.3, -0.25) is 9.59 Å². The van der Waals surface area contributed by atoms with Crippen LogP contribution in [0.15, 0.2) is 23.1 Å². The molecule has 1 N–H and O–H groups in total. The Balaban J connectivity index is 2.67. The molecule has 0 atom stereocenters. The summed E-state index contributed by atoms with van der Waals surface area (Å²) in [4.78, 5) is 22.0. The van der Waals surface area contributed by atoms with Crippen molar-refractivity contribution in [2.24, 2.45) is 0 Å². The van der Waals surface area contributed by atoms with Gasteiger partial charge in [0, 0.05) is 37.8 Å². The van der Waals surface area contributed by atoms with Gasteiger partial charge in [0.2, 0.25) is 5.91 Å². The number of aromatic nitrogens is 1. The molecule has 1 heterocycles. The molecule has 0 fully saturated rings. The highest BCUT2D eigenvalue weighted by Crippen LogP contribution is 1.90. The Kier molecular flexibility index (Phi) is 3.69. The number of rotatable bonds is 3. The second kappa shape index (κ2) is 5.01. The predicted octanol–water partition coefficient (Wildman–Crippen LogP) is -0.0777. The van der Waals surface area contributed by atoms with Gasteiger partial charge in [0.15, 0.2) is 0 Å². The third-order valence-corrected chi connectivity index (χ3v) is 1.87. The fraction of sp³-hybridized carbons (Fsp3) is 0.273. The molecule has 1 rings (SSSR count). The van der Waals surface area contributed by atoms with Gasteiger partial charge in [-0.05, 0) is 12.5 Å². The summed E-state index contributed by atoms with van der Waals surface area (Å²) in [6.07, 6.45) is 8.43. The van der Waals surface area contributed by atoms with Crippen LogP contribution < -0.4 is 10.9 Å². The first-order chi connectivity index (χ1) is 7.13. The molecule has 0 bridgehead atoms. The monoisotopic (exact) mass is 203 g/mol. The van der Waals surface area contributed by atoms with E-state index in [1.54, 1.807) is 12.3 Å². The van der Waals surface area contributed by atoms with Crippen LogP contribution in [0, 0.1) is 12.3 Å². The van der Waals surface area contributed by atoms with Crippen LogP contribution in [0.1, 0.15) is 12.5 Å². The van der Waals surface area contributed by atoms with E-state index in [0.29, 0.717) is 18.7 Å². The third kappa shape index (κ3) is 3.31. The summed E-state index contributed by atoms with van der Waals surface area (Å²) in [6.45, 7) is 2.27.